The van der Waals surface area contributed by atoms with Gasteiger partial charge in [0.15, 0.2) is 11.5 Å². The maximum Gasteiger partial charge on any atom is 0.231 e. The summed E-state index contributed by atoms with van der Waals surface area (Å²) in [7, 11) is -2.34. The van der Waals surface area contributed by atoms with E-state index in [1.165, 1.54) is 0 Å². The third-order valence-corrected chi connectivity index (χ3v) is 3.62. The van der Waals surface area contributed by atoms with E-state index in [9.17, 15) is 4.57 Å². The summed E-state index contributed by atoms with van der Waals surface area (Å²) >= 11 is 0. The van der Waals surface area contributed by atoms with Gasteiger partial charge in [0, 0.05) is 0 Å². The van der Waals surface area contributed by atoms with Gasteiger partial charge in [0.2, 0.25) is 6.79 Å². The molecular weight excluding hydrogens is 201 g/mol. The van der Waals surface area contributed by atoms with Gasteiger partial charge in [-0.05, 0) is 25.5 Å². The Morgan fingerprint density at radius 2 is 1.93 bits per heavy atom. The van der Waals surface area contributed by atoms with E-state index in [1.807, 2.05) is 0 Å². The SMILES string of the molecule is CP(C)(=O)c1ccc(N)c2c1OCO2. The van der Waals surface area contributed by atoms with Crippen LogP contribution in [0.2, 0.25) is 0 Å². The van der Waals surface area contributed by atoms with Crippen LogP contribution in [0.4, 0.5) is 5.69 Å². The molecule has 0 aliphatic carbocycles. The van der Waals surface area contributed by atoms with Crippen LogP contribution in [0.3, 0.4) is 0 Å². The summed E-state index contributed by atoms with van der Waals surface area (Å²) in [6, 6.07) is 3.44. The van der Waals surface area contributed by atoms with Crippen molar-refractivity contribution in [3.8, 4) is 11.5 Å². The first-order chi connectivity index (χ1) is 6.50. The smallest absolute Gasteiger partial charge is 0.231 e. The van der Waals surface area contributed by atoms with Crippen LogP contribution < -0.4 is 20.5 Å². The highest BCUT2D eigenvalue weighted by Crippen LogP contribution is 2.45. The molecule has 0 saturated heterocycles. The zero-order valence-corrected chi connectivity index (χ0v) is 9.01. The monoisotopic (exact) mass is 213 g/mol. The second-order valence-corrected chi connectivity index (χ2v) is 6.77. The van der Waals surface area contributed by atoms with Gasteiger partial charge in [-0.25, -0.2) is 0 Å². The number of hydrogen-bond donors (Lipinski definition) is 1. The van der Waals surface area contributed by atoms with Crippen molar-refractivity contribution in [3.05, 3.63) is 12.1 Å². The molecule has 0 atom stereocenters. The van der Waals surface area contributed by atoms with Gasteiger partial charge < -0.3 is 19.8 Å². The largest absolute Gasteiger partial charge is 0.453 e. The number of fused-ring (bicyclic) bond motifs is 1. The van der Waals surface area contributed by atoms with Crippen LogP contribution in [0.1, 0.15) is 0 Å². The van der Waals surface area contributed by atoms with Gasteiger partial charge in [-0.3, -0.25) is 0 Å². The fraction of sp³-hybridized carbons (Fsp3) is 0.333. The van der Waals surface area contributed by atoms with Gasteiger partial charge in [-0.1, -0.05) is 0 Å². The van der Waals surface area contributed by atoms with Gasteiger partial charge in [-0.15, -0.1) is 0 Å². The Bertz CT molecular complexity index is 424. The molecule has 0 bridgehead atoms. The predicted octanol–water partition coefficient (Wildman–Crippen LogP) is 1.25. The molecule has 1 heterocycles. The summed E-state index contributed by atoms with van der Waals surface area (Å²) in [6.07, 6.45) is 0. The van der Waals surface area contributed by atoms with E-state index in [0.29, 0.717) is 22.5 Å². The molecule has 1 aliphatic rings. The van der Waals surface area contributed by atoms with Gasteiger partial charge >= 0.3 is 0 Å². The maximum atomic E-state index is 11.9. The minimum absolute atomic E-state index is 0.149. The number of nitrogen functional groups attached to an aromatic ring is 1. The number of anilines is 1. The van der Waals surface area contributed by atoms with E-state index >= 15 is 0 Å². The average molecular weight is 213 g/mol. The van der Waals surface area contributed by atoms with Crippen LogP contribution in [0.15, 0.2) is 12.1 Å². The molecule has 0 unspecified atom stereocenters. The molecular formula is C9H12NO3P. The lowest BCUT2D eigenvalue weighted by Crippen LogP contribution is -2.06. The van der Waals surface area contributed by atoms with Crippen LogP contribution in [0.5, 0.6) is 11.5 Å². The molecule has 2 rings (SSSR count). The Balaban J connectivity index is 2.66. The highest BCUT2D eigenvalue weighted by atomic mass is 31.2. The van der Waals surface area contributed by atoms with Crippen LogP contribution >= 0.6 is 7.14 Å². The third kappa shape index (κ3) is 1.36. The standard InChI is InChI=1S/C9H12NO3P/c1-14(2,11)7-4-3-6(10)8-9(7)13-5-12-8/h3-4H,5,10H2,1-2H3. The van der Waals surface area contributed by atoms with Crippen molar-refractivity contribution in [1.29, 1.82) is 0 Å². The quantitative estimate of drug-likeness (QED) is 0.563. The summed E-state index contributed by atoms with van der Waals surface area (Å²) in [4.78, 5) is 0. The van der Waals surface area contributed by atoms with E-state index in [2.05, 4.69) is 0 Å². The molecule has 0 saturated carbocycles. The predicted molar refractivity (Wildman–Crippen MR) is 56.1 cm³/mol. The van der Waals surface area contributed by atoms with E-state index in [0.717, 1.165) is 0 Å². The zero-order valence-electron chi connectivity index (χ0n) is 8.11. The molecule has 1 aromatic rings. The van der Waals surface area contributed by atoms with Crippen molar-refractivity contribution >= 4 is 18.1 Å². The topological polar surface area (TPSA) is 61.6 Å². The first kappa shape index (κ1) is 9.41. The molecule has 0 aromatic heterocycles. The molecule has 0 amide bonds. The van der Waals surface area contributed by atoms with Gasteiger partial charge in [-0.2, -0.15) is 0 Å². The molecule has 1 aromatic carbocycles. The summed E-state index contributed by atoms with van der Waals surface area (Å²) in [6.45, 7) is 3.54. The molecule has 76 valence electrons. The molecule has 0 fully saturated rings. The zero-order chi connectivity index (χ0) is 10.3. The maximum absolute atomic E-state index is 11.9. The second kappa shape index (κ2) is 2.92. The minimum atomic E-state index is -2.34. The highest BCUT2D eigenvalue weighted by Gasteiger charge is 2.26. The summed E-state index contributed by atoms with van der Waals surface area (Å²) in [5, 5.41) is 0.694. The first-order valence-corrected chi connectivity index (χ1v) is 6.84. The number of rotatable bonds is 1. The Kier molecular flexibility index (Phi) is 1.96. The van der Waals surface area contributed by atoms with Crippen LogP contribution in [-0.4, -0.2) is 20.1 Å². The minimum Gasteiger partial charge on any atom is -0.453 e. The molecule has 2 N–H and O–H groups in total. The summed E-state index contributed by atoms with van der Waals surface area (Å²) < 4.78 is 22.4. The summed E-state index contributed by atoms with van der Waals surface area (Å²) in [5.41, 5.74) is 6.21. The van der Waals surface area contributed by atoms with E-state index in [4.69, 9.17) is 15.2 Å². The highest BCUT2D eigenvalue weighted by molar-refractivity contribution is 7.70. The van der Waals surface area contributed by atoms with Crippen molar-refractivity contribution in [2.75, 3.05) is 25.9 Å². The average Bonchev–Trinajstić information content (AvgIpc) is 2.50. The number of ether oxygens (including phenoxy) is 2. The third-order valence-electron chi connectivity index (χ3n) is 2.11. The summed E-state index contributed by atoms with van der Waals surface area (Å²) in [5.74, 6) is 1.06. The van der Waals surface area contributed by atoms with Crippen molar-refractivity contribution in [3.63, 3.8) is 0 Å². The molecule has 0 radical (unpaired) electrons. The van der Waals surface area contributed by atoms with Gasteiger partial charge in [0.1, 0.15) is 7.14 Å². The fourth-order valence-electron chi connectivity index (χ4n) is 1.43. The van der Waals surface area contributed by atoms with Gasteiger partial charge in [0.25, 0.3) is 0 Å². The van der Waals surface area contributed by atoms with Crippen molar-refractivity contribution in [2.45, 2.75) is 0 Å². The van der Waals surface area contributed by atoms with Crippen molar-refractivity contribution < 1.29 is 14.0 Å². The fourth-order valence-corrected chi connectivity index (χ4v) is 2.52. The van der Waals surface area contributed by atoms with E-state index in [-0.39, 0.29) is 6.79 Å². The number of nitrogens with two attached hydrogens (primary N) is 1. The van der Waals surface area contributed by atoms with Crippen molar-refractivity contribution in [2.24, 2.45) is 0 Å². The Hall–Kier alpha value is -1.15. The van der Waals surface area contributed by atoms with Gasteiger partial charge in [0.05, 0.1) is 11.0 Å². The molecule has 1 aliphatic heterocycles. The van der Waals surface area contributed by atoms with Crippen molar-refractivity contribution in [1.82, 2.24) is 0 Å². The molecule has 0 spiro atoms. The lowest BCUT2D eigenvalue weighted by molar-refractivity contribution is 0.175. The Labute approximate surface area is 82.4 Å². The molecule has 4 nitrogen and oxygen atoms in total. The Morgan fingerprint density at radius 1 is 1.29 bits per heavy atom. The lowest BCUT2D eigenvalue weighted by atomic mass is 10.3. The van der Waals surface area contributed by atoms with E-state index < -0.39 is 7.14 Å². The van der Waals surface area contributed by atoms with E-state index in [1.54, 1.807) is 25.5 Å². The molecule has 14 heavy (non-hydrogen) atoms. The lowest BCUT2D eigenvalue weighted by Gasteiger charge is -2.10. The number of benzene rings is 1. The Morgan fingerprint density at radius 3 is 2.57 bits per heavy atom. The number of hydrogen-bond acceptors (Lipinski definition) is 4. The van der Waals surface area contributed by atoms with Crippen LogP contribution in [0, 0.1) is 0 Å². The molecule has 5 heteroatoms. The van der Waals surface area contributed by atoms with Crippen LogP contribution in [-0.2, 0) is 4.57 Å². The normalized spacial score (nSPS) is 14.4. The second-order valence-electron chi connectivity index (χ2n) is 3.59. The van der Waals surface area contributed by atoms with Crippen LogP contribution in [0.25, 0.3) is 0 Å². The first-order valence-electron chi connectivity index (χ1n) is 4.24.